The fourth-order valence-corrected chi connectivity index (χ4v) is 5.12. The zero-order valence-electron chi connectivity index (χ0n) is 22.8. The van der Waals surface area contributed by atoms with Gasteiger partial charge in [0.05, 0.1) is 13.2 Å². The molecule has 3 aliphatic heterocycles. The summed E-state index contributed by atoms with van der Waals surface area (Å²) in [6.07, 6.45) is 0.997. The molecule has 3 aliphatic rings. The number of hydrogen-bond acceptors (Lipinski definition) is 8. The van der Waals surface area contributed by atoms with Crippen LogP contribution in [0.5, 0.6) is 11.5 Å². The number of fused-ring (bicyclic) bond motifs is 1. The van der Waals surface area contributed by atoms with Gasteiger partial charge < -0.3 is 24.4 Å². The number of morpholine rings is 1. The molecule has 2 saturated heterocycles. The molecule has 0 aliphatic carbocycles. The van der Waals surface area contributed by atoms with Crippen molar-refractivity contribution in [1.82, 2.24) is 30.0 Å². The number of benzene rings is 1. The highest BCUT2D eigenvalue weighted by Gasteiger charge is 2.22. The van der Waals surface area contributed by atoms with Crippen LogP contribution in [0.4, 0.5) is 5.95 Å². The highest BCUT2D eigenvalue weighted by molar-refractivity contribution is 7.80. The van der Waals surface area contributed by atoms with Gasteiger partial charge in [-0.3, -0.25) is 15.1 Å². The number of piperazine rings is 1. The largest absolute Gasteiger partial charge is 0.454 e. The second-order valence-electron chi connectivity index (χ2n) is 10.0. The number of ether oxygens (including phenoxy) is 3. The third kappa shape index (κ3) is 7.98. The van der Waals surface area contributed by atoms with Crippen molar-refractivity contribution in [3.05, 3.63) is 41.2 Å². The summed E-state index contributed by atoms with van der Waals surface area (Å²) in [5, 5.41) is 7.12. The number of thiocarbonyl (C=S) groups is 1. The molecule has 4 heterocycles. The van der Waals surface area contributed by atoms with Crippen LogP contribution in [-0.4, -0.2) is 108 Å². The van der Waals surface area contributed by atoms with E-state index < -0.39 is 0 Å². The lowest BCUT2D eigenvalue weighted by atomic mass is 10.1. The van der Waals surface area contributed by atoms with Crippen LogP contribution in [-0.2, 0) is 11.3 Å². The zero-order chi connectivity index (χ0) is 27.0. The van der Waals surface area contributed by atoms with Crippen LogP contribution in [0.1, 0.15) is 23.4 Å². The topological polar surface area (TPSA) is 99.6 Å². The summed E-state index contributed by atoms with van der Waals surface area (Å²) >= 11 is 5.61. The minimum absolute atomic E-state index is 0.293. The Balaban J connectivity index is 1.18. The van der Waals surface area contributed by atoms with Gasteiger partial charge in [0, 0.05) is 63.7 Å². The summed E-state index contributed by atoms with van der Waals surface area (Å²) in [5.41, 5.74) is 3.02. The first kappa shape index (κ1) is 27.5. The van der Waals surface area contributed by atoms with E-state index in [2.05, 4.69) is 47.4 Å². The molecule has 210 valence electrons. The Bertz CT molecular complexity index is 1150. The number of aromatic nitrogens is 2. The van der Waals surface area contributed by atoms with E-state index in [0.717, 1.165) is 101 Å². The zero-order valence-corrected chi connectivity index (χ0v) is 23.6. The third-order valence-corrected chi connectivity index (χ3v) is 7.19. The van der Waals surface area contributed by atoms with Gasteiger partial charge in [-0.2, -0.15) is 4.99 Å². The maximum atomic E-state index is 5.61. The number of nitrogens with zero attached hydrogens (tertiary/aromatic N) is 6. The molecule has 1 aromatic heterocycles. The van der Waals surface area contributed by atoms with Crippen LogP contribution in [0.2, 0.25) is 0 Å². The van der Waals surface area contributed by atoms with E-state index in [1.807, 2.05) is 26.0 Å². The number of guanidine groups is 1. The predicted molar refractivity (Wildman–Crippen MR) is 154 cm³/mol. The van der Waals surface area contributed by atoms with Crippen LogP contribution < -0.4 is 20.1 Å². The molecule has 39 heavy (non-hydrogen) atoms. The average Bonchev–Trinajstić information content (AvgIpc) is 3.39. The molecular formula is C27H38N8O3S. The van der Waals surface area contributed by atoms with Gasteiger partial charge in [-0.05, 0) is 62.8 Å². The van der Waals surface area contributed by atoms with E-state index in [1.54, 1.807) is 0 Å². The lowest BCUT2D eigenvalue weighted by molar-refractivity contribution is 0.0376. The fraction of sp³-hybridized carbons (Fsp3) is 0.556. The SMILES string of the molecule is Cc1cc(C)nc(N/C(=N\C(=S)NCCCN2CCOCC2)N2CCN(Cc3ccc4c(c3)OCO4)CC2)n1. The molecule has 0 amide bonds. The molecule has 0 unspecified atom stereocenters. The molecule has 1 aromatic carbocycles. The lowest BCUT2D eigenvalue weighted by Gasteiger charge is -2.36. The number of hydrogen-bond donors (Lipinski definition) is 2. The Kier molecular flexibility index (Phi) is 9.40. The Hall–Kier alpha value is -3.06. The predicted octanol–water partition coefficient (Wildman–Crippen LogP) is 2.00. The second kappa shape index (κ2) is 13.3. The first-order valence-electron chi connectivity index (χ1n) is 13.6. The van der Waals surface area contributed by atoms with Crippen LogP contribution in [0, 0.1) is 13.8 Å². The highest BCUT2D eigenvalue weighted by Crippen LogP contribution is 2.32. The van der Waals surface area contributed by atoms with Crippen molar-refractivity contribution in [1.29, 1.82) is 0 Å². The Morgan fingerprint density at radius 1 is 0.949 bits per heavy atom. The molecular weight excluding hydrogens is 516 g/mol. The Morgan fingerprint density at radius 3 is 2.46 bits per heavy atom. The van der Waals surface area contributed by atoms with Gasteiger partial charge in [-0.15, -0.1) is 0 Å². The maximum Gasteiger partial charge on any atom is 0.231 e. The van der Waals surface area contributed by atoms with Crippen molar-refractivity contribution < 1.29 is 14.2 Å². The van der Waals surface area contributed by atoms with Crippen LogP contribution in [0.25, 0.3) is 0 Å². The number of rotatable bonds is 7. The van der Waals surface area contributed by atoms with E-state index in [0.29, 0.717) is 23.8 Å². The smallest absolute Gasteiger partial charge is 0.231 e. The fourth-order valence-electron chi connectivity index (χ4n) is 4.93. The summed E-state index contributed by atoms with van der Waals surface area (Å²) in [5.74, 6) is 2.84. The van der Waals surface area contributed by atoms with Crippen molar-refractivity contribution in [2.75, 3.05) is 77.7 Å². The van der Waals surface area contributed by atoms with Crippen molar-refractivity contribution in [2.45, 2.75) is 26.8 Å². The van der Waals surface area contributed by atoms with Gasteiger partial charge in [-0.1, -0.05) is 6.07 Å². The van der Waals surface area contributed by atoms with Crippen molar-refractivity contribution in [3.63, 3.8) is 0 Å². The van der Waals surface area contributed by atoms with Crippen molar-refractivity contribution in [3.8, 4) is 11.5 Å². The average molecular weight is 555 g/mol. The van der Waals surface area contributed by atoms with Gasteiger partial charge in [0.2, 0.25) is 18.7 Å². The molecule has 5 rings (SSSR count). The molecule has 12 heteroatoms. The number of nitrogens with one attached hydrogen (secondary N) is 2. The quantitative estimate of drug-likeness (QED) is 0.228. The second-order valence-corrected chi connectivity index (χ2v) is 10.4. The first-order chi connectivity index (χ1) is 19.0. The van der Waals surface area contributed by atoms with Gasteiger partial charge in [0.15, 0.2) is 16.6 Å². The molecule has 0 atom stereocenters. The van der Waals surface area contributed by atoms with Crippen LogP contribution >= 0.6 is 12.2 Å². The summed E-state index contributed by atoms with van der Waals surface area (Å²) < 4.78 is 16.4. The molecule has 0 saturated carbocycles. The number of anilines is 1. The summed E-state index contributed by atoms with van der Waals surface area (Å²) in [4.78, 5) is 21.0. The lowest BCUT2D eigenvalue weighted by Crippen LogP contribution is -2.50. The monoisotopic (exact) mass is 554 g/mol. The molecule has 2 N–H and O–H groups in total. The van der Waals surface area contributed by atoms with Crippen LogP contribution in [0.3, 0.4) is 0 Å². The maximum absolute atomic E-state index is 5.61. The van der Waals surface area contributed by atoms with E-state index >= 15 is 0 Å². The van der Waals surface area contributed by atoms with Gasteiger partial charge in [0.1, 0.15) is 0 Å². The molecule has 11 nitrogen and oxygen atoms in total. The summed E-state index contributed by atoms with van der Waals surface area (Å²) in [6.45, 7) is 13.9. The van der Waals surface area contributed by atoms with E-state index in [9.17, 15) is 0 Å². The molecule has 0 spiro atoms. The summed E-state index contributed by atoms with van der Waals surface area (Å²) in [7, 11) is 0. The standard InChI is InChI=1S/C27H38N8O3S/c1-20-16-21(2)30-25(29-20)31-26(32-27(39)28-6-3-7-33-12-14-36-15-13-33)35-10-8-34(9-11-35)18-22-4-5-23-24(17-22)38-19-37-23/h4-5,16-17H,3,6-15,18-19H2,1-2H3,(H2,28,29,30,31,32,39). The van der Waals surface area contributed by atoms with Gasteiger partial charge in [-0.25, -0.2) is 9.97 Å². The van der Waals surface area contributed by atoms with Crippen molar-refractivity contribution in [2.24, 2.45) is 4.99 Å². The Labute approximate surface area is 235 Å². The highest BCUT2D eigenvalue weighted by atomic mass is 32.1. The van der Waals surface area contributed by atoms with E-state index in [-0.39, 0.29) is 0 Å². The van der Waals surface area contributed by atoms with E-state index in [1.165, 1.54) is 5.56 Å². The molecule has 2 fully saturated rings. The molecule has 0 radical (unpaired) electrons. The first-order valence-corrected chi connectivity index (χ1v) is 14.0. The number of aryl methyl sites for hydroxylation is 2. The van der Waals surface area contributed by atoms with Crippen molar-refractivity contribution >= 4 is 29.2 Å². The third-order valence-electron chi connectivity index (χ3n) is 6.96. The number of aliphatic imine (C=N–C) groups is 1. The van der Waals surface area contributed by atoms with Gasteiger partial charge >= 0.3 is 0 Å². The molecule has 2 aromatic rings. The van der Waals surface area contributed by atoms with Gasteiger partial charge in [0.25, 0.3) is 0 Å². The summed E-state index contributed by atoms with van der Waals surface area (Å²) in [6, 6.07) is 8.12. The normalized spacial score (nSPS) is 18.3. The molecule has 0 bridgehead atoms. The minimum atomic E-state index is 0.293. The van der Waals surface area contributed by atoms with Crippen LogP contribution in [0.15, 0.2) is 29.3 Å². The van der Waals surface area contributed by atoms with E-state index in [4.69, 9.17) is 31.4 Å². The Morgan fingerprint density at radius 2 is 1.69 bits per heavy atom. The minimum Gasteiger partial charge on any atom is -0.454 e.